The highest BCUT2D eigenvalue weighted by atomic mass is 35.5. The highest BCUT2D eigenvalue weighted by Crippen LogP contribution is 2.15. The minimum absolute atomic E-state index is 0.0130. The first kappa shape index (κ1) is 17.5. The summed E-state index contributed by atoms with van der Waals surface area (Å²) < 4.78 is 24.0. The van der Waals surface area contributed by atoms with Crippen LogP contribution in [0.2, 0.25) is 5.02 Å². The molecule has 0 spiro atoms. The van der Waals surface area contributed by atoms with Gasteiger partial charge in [-0.25, -0.2) is 8.42 Å². The zero-order valence-electron chi connectivity index (χ0n) is 11.5. The standard InChI is InChI=1S/C13H16ClNO5S/c1-8(13(17)18)9(2)15-12(16)7-21(19,20)11-5-3-10(14)4-6-11/h3-6,8-9H,7H2,1-2H3,(H,15,16)(H,17,18). The van der Waals surface area contributed by atoms with Crippen molar-refractivity contribution < 1.29 is 23.1 Å². The van der Waals surface area contributed by atoms with E-state index in [2.05, 4.69) is 5.32 Å². The van der Waals surface area contributed by atoms with E-state index in [1.165, 1.54) is 38.1 Å². The first-order chi connectivity index (χ1) is 9.63. The number of hydrogen-bond acceptors (Lipinski definition) is 4. The predicted octanol–water partition coefficient (Wildman–Crippen LogP) is 1.34. The molecule has 8 heteroatoms. The Hall–Kier alpha value is -1.60. The molecule has 0 bridgehead atoms. The van der Waals surface area contributed by atoms with E-state index in [4.69, 9.17) is 16.7 Å². The van der Waals surface area contributed by atoms with Gasteiger partial charge in [-0.1, -0.05) is 11.6 Å². The van der Waals surface area contributed by atoms with Gasteiger partial charge in [0, 0.05) is 11.1 Å². The number of rotatable bonds is 6. The zero-order chi connectivity index (χ0) is 16.2. The van der Waals surface area contributed by atoms with Crippen LogP contribution in [0.25, 0.3) is 0 Å². The lowest BCUT2D eigenvalue weighted by Gasteiger charge is -2.17. The van der Waals surface area contributed by atoms with Crippen molar-refractivity contribution in [2.24, 2.45) is 5.92 Å². The molecule has 6 nitrogen and oxygen atoms in total. The molecule has 0 saturated heterocycles. The van der Waals surface area contributed by atoms with Crippen molar-refractivity contribution in [3.63, 3.8) is 0 Å². The normalized spacial score (nSPS) is 14.2. The van der Waals surface area contributed by atoms with E-state index in [0.29, 0.717) is 5.02 Å². The minimum Gasteiger partial charge on any atom is -0.481 e. The van der Waals surface area contributed by atoms with Crippen molar-refractivity contribution in [1.82, 2.24) is 5.32 Å². The first-order valence-electron chi connectivity index (χ1n) is 6.14. The largest absolute Gasteiger partial charge is 0.481 e. The minimum atomic E-state index is -3.79. The van der Waals surface area contributed by atoms with Crippen LogP contribution in [0.3, 0.4) is 0 Å². The van der Waals surface area contributed by atoms with Crippen LogP contribution in [-0.2, 0) is 19.4 Å². The molecule has 1 aromatic carbocycles. The fraction of sp³-hybridized carbons (Fsp3) is 0.385. The average Bonchev–Trinajstić information content (AvgIpc) is 2.37. The molecule has 0 saturated carbocycles. The fourth-order valence-corrected chi connectivity index (χ4v) is 2.80. The van der Waals surface area contributed by atoms with Crippen LogP contribution in [0.1, 0.15) is 13.8 Å². The molecule has 0 fully saturated rings. The van der Waals surface area contributed by atoms with E-state index in [0.717, 1.165) is 0 Å². The summed E-state index contributed by atoms with van der Waals surface area (Å²) in [6, 6.07) is 4.79. The summed E-state index contributed by atoms with van der Waals surface area (Å²) in [5, 5.41) is 11.6. The maximum atomic E-state index is 12.0. The summed E-state index contributed by atoms with van der Waals surface area (Å²) in [4.78, 5) is 22.5. The Labute approximate surface area is 128 Å². The zero-order valence-corrected chi connectivity index (χ0v) is 13.1. The Morgan fingerprint density at radius 1 is 1.24 bits per heavy atom. The molecule has 1 aromatic rings. The third kappa shape index (κ3) is 5.02. The van der Waals surface area contributed by atoms with E-state index >= 15 is 0 Å². The number of aliphatic carboxylic acids is 1. The summed E-state index contributed by atoms with van der Waals surface area (Å²) in [5.74, 6) is -3.37. The van der Waals surface area contributed by atoms with E-state index in [9.17, 15) is 18.0 Å². The number of amides is 1. The Morgan fingerprint density at radius 2 is 1.76 bits per heavy atom. The van der Waals surface area contributed by atoms with Gasteiger partial charge in [0.1, 0.15) is 5.75 Å². The van der Waals surface area contributed by atoms with Gasteiger partial charge in [-0.05, 0) is 38.1 Å². The van der Waals surface area contributed by atoms with Crippen molar-refractivity contribution in [1.29, 1.82) is 0 Å². The van der Waals surface area contributed by atoms with Crippen LogP contribution < -0.4 is 5.32 Å². The number of nitrogens with one attached hydrogen (secondary N) is 1. The maximum absolute atomic E-state index is 12.0. The van der Waals surface area contributed by atoms with Crippen LogP contribution in [0.15, 0.2) is 29.2 Å². The molecule has 0 aromatic heterocycles. The molecule has 0 aliphatic rings. The lowest BCUT2D eigenvalue weighted by molar-refractivity contribution is -0.142. The summed E-state index contributed by atoms with van der Waals surface area (Å²) in [6.07, 6.45) is 0. The number of benzene rings is 1. The smallest absolute Gasteiger partial charge is 0.308 e. The number of carbonyl (C=O) groups is 2. The van der Waals surface area contributed by atoms with Crippen LogP contribution in [0.5, 0.6) is 0 Å². The number of sulfone groups is 1. The van der Waals surface area contributed by atoms with Crippen molar-refractivity contribution in [3.05, 3.63) is 29.3 Å². The molecule has 116 valence electrons. The second-order valence-electron chi connectivity index (χ2n) is 4.70. The van der Waals surface area contributed by atoms with Gasteiger partial charge in [0.15, 0.2) is 9.84 Å². The number of halogens is 1. The lowest BCUT2D eigenvalue weighted by Crippen LogP contribution is -2.42. The Balaban J connectivity index is 2.74. The summed E-state index contributed by atoms with van der Waals surface area (Å²) in [5.41, 5.74) is 0. The molecular formula is C13H16ClNO5S. The van der Waals surface area contributed by atoms with Gasteiger partial charge in [0.2, 0.25) is 5.91 Å². The molecule has 21 heavy (non-hydrogen) atoms. The number of carbonyl (C=O) groups excluding carboxylic acids is 1. The number of carboxylic acids is 1. The van der Waals surface area contributed by atoms with Crippen molar-refractivity contribution >= 4 is 33.3 Å². The quantitative estimate of drug-likeness (QED) is 0.818. The van der Waals surface area contributed by atoms with Gasteiger partial charge < -0.3 is 10.4 Å². The molecule has 0 radical (unpaired) electrons. The maximum Gasteiger partial charge on any atom is 0.308 e. The highest BCUT2D eigenvalue weighted by molar-refractivity contribution is 7.92. The molecule has 0 aliphatic heterocycles. The van der Waals surface area contributed by atoms with Gasteiger partial charge in [-0.2, -0.15) is 0 Å². The molecule has 2 atom stereocenters. The predicted molar refractivity (Wildman–Crippen MR) is 77.9 cm³/mol. The average molecular weight is 334 g/mol. The van der Waals surface area contributed by atoms with Crippen molar-refractivity contribution in [2.45, 2.75) is 24.8 Å². The Morgan fingerprint density at radius 3 is 2.24 bits per heavy atom. The molecular weight excluding hydrogens is 318 g/mol. The van der Waals surface area contributed by atoms with E-state index in [-0.39, 0.29) is 4.90 Å². The summed E-state index contributed by atoms with van der Waals surface area (Å²) in [6.45, 7) is 2.94. The van der Waals surface area contributed by atoms with Gasteiger partial charge in [-0.15, -0.1) is 0 Å². The second-order valence-corrected chi connectivity index (χ2v) is 7.12. The molecule has 1 rings (SSSR count). The SMILES string of the molecule is CC(NC(=O)CS(=O)(=O)c1ccc(Cl)cc1)C(C)C(=O)O. The highest BCUT2D eigenvalue weighted by Gasteiger charge is 2.24. The molecule has 1 amide bonds. The molecule has 0 heterocycles. The number of carboxylic acid groups (broad SMARTS) is 1. The third-order valence-electron chi connectivity index (χ3n) is 3.02. The molecule has 0 aliphatic carbocycles. The van der Waals surface area contributed by atoms with Gasteiger partial charge in [0.05, 0.1) is 10.8 Å². The third-order valence-corrected chi connectivity index (χ3v) is 4.91. The number of hydrogen-bond donors (Lipinski definition) is 2. The summed E-state index contributed by atoms with van der Waals surface area (Å²) >= 11 is 5.67. The van der Waals surface area contributed by atoms with Crippen LogP contribution in [0.4, 0.5) is 0 Å². The van der Waals surface area contributed by atoms with Crippen molar-refractivity contribution in [3.8, 4) is 0 Å². The van der Waals surface area contributed by atoms with E-state index in [1.807, 2.05) is 0 Å². The van der Waals surface area contributed by atoms with Crippen LogP contribution >= 0.6 is 11.6 Å². The molecule has 2 unspecified atom stereocenters. The topological polar surface area (TPSA) is 101 Å². The van der Waals surface area contributed by atoms with E-state index in [1.54, 1.807) is 0 Å². The van der Waals surface area contributed by atoms with Gasteiger partial charge in [-0.3, -0.25) is 9.59 Å². The summed E-state index contributed by atoms with van der Waals surface area (Å²) in [7, 11) is -3.79. The second kappa shape index (κ2) is 6.91. The van der Waals surface area contributed by atoms with Gasteiger partial charge in [0.25, 0.3) is 0 Å². The first-order valence-corrected chi connectivity index (χ1v) is 8.17. The van der Waals surface area contributed by atoms with Crippen LogP contribution in [0, 0.1) is 5.92 Å². The fourth-order valence-electron chi connectivity index (χ4n) is 1.53. The lowest BCUT2D eigenvalue weighted by atomic mass is 10.0. The monoisotopic (exact) mass is 333 g/mol. The Kier molecular flexibility index (Phi) is 5.74. The van der Waals surface area contributed by atoms with E-state index < -0.39 is 39.4 Å². The molecule has 2 N–H and O–H groups in total. The van der Waals surface area contributed by atoms with Crippen LogP contribution in [-0.4, -0.2) is 37.2 Å². The Bertz CT molecular complexity index is 626. The van der Waals surface area contributed by atoms with Gasteiger partial charge >= 0.3 is 5.97 Å². The van der Waals surface area contributed by atoms with Crippen molar-refractivity contribution in [2.75, 3.05) is 5.75 Å².